The average Bonchev–Trinajstić information content (AvgIpc) is 2.53. The Bertz CT molecular complexity index is 643. The van der Waals surface area contributed by atoms with Gasteiger partial charge in [-0.1, -0.05) is 12.1 Å². The fraction of sp³-hybridized carbons (Fsp3) is 0.188. The number of rotatable bonds is 5. The molecule has 0 aliphatic heterocycles. The fourth-order valence-electron chi connectivity index (χ4n) is 1.93. The van der Waals surface area contributed by atoms with E-state index in [0.717, 1.165) is 11.3 Å². The molecule has 0 aliphatic rings. The smallest absolute Gasteiger partial charge is 0.337 e. The predicted octanol–water partition coefficient (Wildman–Crippen LogP) is 2.72. The standard InChI is InChI=1S/C16H16FNO3/c1-21-16(20)12-5-6-15(17)13(8-12)9-18-14-4-2-3-11(7-14)10-19/h2-8,18-19H,9-10H2,1H3. The van der Waals surface area contributed by atoms with Crippen molar-refractivity contribution in [2.75, 3.05) is 12.4 Å². The van der Waals surface area contributed by atoms with Gasteiger partial charge in [0.15, 0.2) is 0 Å². The first-order chi connectivity index (χ1) is 10.1. The van der Waals surface area contributed by atoms with Crippen LogP contribution >= 0.6 is 0 Å². The molecule has 0 spiro atoms. The SMILES string of the molecule is COC(=O)c1ccc(F)c(CNc2cccc(CO)c2)c1. The monoisotopic (exact) mass is 289 g/mol. The molecule has 0 saturated heterocycles. The summed E-state index contributed by atoms with van der Waals surface area (Å²) in [5.74, 6) is -0.896. The molecule has 0 atom stereocenters. The molecule has 0 radical (unpaired) electrons. The summed E-state index contributed by atoms with van der Waals surface area (Å²) in [6.07, 6.45) is 0. The van der Waals surface area contributed by atoms with E-state index in [9.17, 15) is 9.18 Å². The van der Waals surface area contributed by atoms with Crippen LogP contribution in [0.5, 0.6) is 0 Å². The Morgan fingerprint density at radius 3 is 2.81 bits per heavy atom. The molecule has 21 heavy (non-hydrogen) atoms. The molecule has 0 amide bonds. The average molecular weight is 289 g/mol. The summed E-state index contributed by atoms with van der Waals surface area (Å²) < 4.78 is 18.4. The summed E-state index contributed by atoms with van der Waals surface area (Å²) in [6, 6.07) is 11.3. The molecule has 4 nitrogen and oxygen atoms in total. The van der Waals surface area contributed by atoms with Gasteiger partial charge in [-0.25, -0.2) is 9.18 Å². The quantitative estimate of drug-likeness (QED) is 0.831. The molecule has 2 rings (SSSR count). The Morgan fingerprint density at radius 2 is 2.10 bits per heavy atom. The zero-order valence-corrected chi connectivity index (χ0v) is 11.6. The molecule has 2 aromatic carbocycles. The third-order valence-electron chi connectivity index (χ3n) is 3.06. The second-order valence-corrected chi connectivity index (χ2v) is 4.51. The molecule has 0 aromatic heterocycles. The van der Waals surface area contributed by atoms with E-state index in [1.54, 1.807) is 18.2 Å². The van der Waals surface area contributed by atoms with Gasteiger partial charge in [0.25, 0.3) is 0 Å². The summed E-state index contributed by atoms with van der Waals surface area (Å²) in [5, 5.41) is 12.1. The molecular weight excluding hydrogens is 273 g/mol. The van der Waals surface area contributed by atoms with Gasteiger partial charge in [-0.15, -0.1) is 0 Å². The lowest BCUT2D eigenvalue weighted by Gasteiger charge is -2.09. The molecule has 2 N–H and O–H groups in total. The maximum atomic E-state index is 13.8. The molecule has 0 heterocycles. The number of esters is 1. The molecular formula is C16H16FNO3. The van der Waals surface area contributed by atoms with Gasteiger partial charge in [-0.05, 0) is 35.9 Å². The van der Waals surface area contributed by atoms with Crippen molar-refractivity contribution in [2.24, 2.45) is 0 Å². The van der Waals surface area contributed by atoms with Gasteiger partial charge < -0.3 is 15.2 Å². The molecule has 0 aliphatic carbocycles. The normalized spacial score (nSPS) is 10.2. The van der Waals surface area contributed by atoms with Crippen LogP contribution in [0.25, 0.3) is 0 Å². The van der Waals surface area contributed by atoms with Gasteiger partial charge in [0.2, 0.25) is 0 Å². The Hall–Kier alpha value is -2.40. The molecule has 2 aromatic rings. The number of aliphatic hydroxyl groups is 1. The summed E-state index contributed by atoms with van der Waals surface area (Å²) >= 11 is 0. The largest absolute Gasteiger partial charge is 0.465 e. The van der Waals surface area contributed by atoms with Crippen molar-refractivity contribution in [2.45, 2.75) is 13.2 Å². The number of hydrogen-bond donors (Lipinski definition) is 2. The lowest BCUT2D eigenvalue weighted by Crippen LogP contribution is -2.06. The summed E-state index contributed by atoms with van der Waals surface area (Å²) in [5.41, 5.74) is 2.21. The molecule has 0 fully saturated rings. The van der Waals surface area contributed by atoms with Crippen LogP contribution in [0, 0.1) is 5.82 Å². The minimum absolute atomic E-state index is 0.0539. The number of nitrogens with one attached hydrogen (secondary N) is 1. The van der Waals surface area contributed by atoms with Crippen LogP contribution < -0.4 is 5.32 Å². The van der Waals surface area contributed by atoms with Crippen LogP contribution in [0.3, 0.4) is 0 Å². The van der Waals surface area contributed by atoms with Gasteiger partial charge in [-0.3, -0.25) is 0 Å². The van der Waals surface area contributed by atoms with Crippen molar-refractivity contribution < 1.29 is 19.0 Å². The van der Waals surface area contributed by atoms with Gasteiger partial charge >= 0.3 is 5.97 Å². The summed E-state index contributed by atoms with van der Waals surface area (Å²) in [7, 11) is 1.28. The first-order valence-corrected chi connectivity index (χ1v) is 6.44. The lowest BCUT2D eigenvalue weighted by molar-refractivity contribution is 0.0600. The molecule has 0 saturated carbocycles. The van der Waals surface area contributed by atoms with Crippen molar-refractivity contribution in [1.29, 1.82) is 0 Å². The van der Waals surface area contributed by atoms with Crippen LogP contribution in [-0.4, -0.2) is 18.2 Å². The van der Waals surface area contributed by atoms with Crippen molar-refractivity contribution >= 4 is 11.7 Å². The van der Waals surface area contributed by atoms with E-state index < -0.39 is 11.8 Å². The highest BCUT2D eigenvalue weighted by molar-refractivity contribution is 5.89. The van der Waals surface area contributed by atoms with Crippen molar-refractivity contribution in [3.8, 4) is 0 Å². The van der Waals surface area contributed by atoms with Crippen molar-refractivity contribution in [3.63, 3.8) is 0 Å². The number of methoxy groups -OCH3 is 1. The number of benzene rings is 2. The Morgan fingerprint density at radius 1 is 1.29 bits per heavy atom. The third kappa shape index (κ3) is 3.79. The zero-order valence-electron chi connectivity index (χ0n) is 11.6. The van der Waals surface area contributed by atoms with E-state index in [0.29, 0.717) is 11.1 Å². The highest BCUT2D eigenvalue weighted by Crippen LogP contribution is 2.16. The first kappa shape index (κ1) is 15.0. The highest BCUT2D eigenvalue weighted by atomic mass is 19.1. The van der Waals surface area contributed by atoms with Gasteiger partial charge in [0, 0.05) is 17.8 Å². The number of ether oxygens (including phenoxy) is 1. The number of aliphatic hydroxyl groups excluding tert-OH is 1. The van der Waals surface area contributed by atoms with Crippen LogP contribution in [0.4, 0.5) is 10.1 Å². The van der Waals surface area contributed by atoms with Gasteiger partial charge in [0.05, 0.1) is 19.3 Å². The van der Waals surface area contributed by atoms with Crippen LogP contribution in [0.15, 0.2) is 42.5 Å². The fourth-order valence-corrected chi connectivity index (χ4v) is 1.93. The van der Waals surface area contributed by atoms with E-state index in [1.165, 1.54) is 25.3 Å². The van der Waals surface area contributed by atoms with Crippen molar-refractivity contribution in [1.82, 2.24) is 0 Å². The van der Waals surface area contributed by atoms with Crippen LogP contribution in [0.2, 0.25) is 0 Å². The second-order valence-electron chi connectivity index (χ2n) is 4.51. The third-order valence-corrected chi connectivity index (χ3v) is 3.06. The summed E-state index contributed by atoms with van der Waals surface area (Å²) in [6.45, 7) is 0.174. The van der Waals surface area contributed by atoms with Crippen molar-refractivity contribution in [3.05, 3.63) is 65.0 Å². The maximum Gasteiger partial charge on any atom is 0.337 e. The maximum absolute atomic E-state index is 13.8. The first-order valence-electron chi connectivity index (χ1n) is 6.44. The summed E-state index contributed by atoms with van der Waals surface area (Å²) in [4.78, 5) is 11.4. The van der Waals surface area contributed by atoms with E-state index in [4.69, 9.17) is 5.11 Å². The highest BCUT2D eigenvalue weighted by Gasteiger charge is 2.09. The van der Waals surface area contributed by atoms with Gasteiger partial charge in [-0.2, -0.15) is 0 Å². The zero-order chi connectivity index (χ0) is 15.2. The molecule has 110 valence electrons. The van der Waals surface area contributed by atoms with Crippen LogP contribution in [-0.2, 0) is 17.9 Å². The minimum Gasteiger partial charge on any atom is -0.465 e. The number of carbonyl (C=O) groups excluding carboxylic acids is 1. The van der Waals surface area contributed by atoms with E-state index in [-0.39, 0.29) is 13.2 Å². The minimum atomic E-state index is -0.501. The van der Waals surface area contributed by atoms with E-state index >= 15 is 0 Å². The molecule has 0 bridgehead atoms. The Kier molecular flexibility index (Phi) is 4.90. The molecule has 0 unspecified atom stereocenters. The molecule has 5 heteroatoms. The Balaban J connectivity index is 2.13. The van der Waals surface area contributed by atoms with E-state index in [2.05, 4.69) is 10.1 Å². The topological polar surface area (TPSA) is 58.6 Å². The second kappa shape index (κ2) is 6.85. The number of anilines is 1. The lowest BCUT2D eigenvalue weighted by atomic mass is 10.1. The van der Waals surface area contributed by atoms with Gasteiger partial charge in [0.1, 0.15) is 5.82 Å². The number of halogens is 1. The van der Waals surface area contributed by atoms with E-state index in [1.807, 2.05) is 6.07 Å². The number of hydrogen-bond acceptors (Lipinski definition) is 4. The Labute approximate surface area is 122 Å². The van der Waals surface area contributed by atoms with Crippen LogP contribution in [0.1, 0.15) is 21.5 Å². The predicted molar refractivity (Wildman–Crippen MR) is 77.4 cm³/mol. The number of carbonyl (C=O) groups is 1.